The van der Waals surface area contributed by atoms with Gasteiger partial charge in [0.1, 0.15) is 5.82 Å². The molecular formula is C14H23FN2O2S. The summed E-state index contributed by atoms with van der Waals surface area (Å²) in [4.78, 5) is 0.0528. The molecule has 0 radical (unpaired) electrons. The molecule has 1 rings (SSSR count). The van der Waals surface area contributed by atoms with Crippen molar-refractivity contribution in [2.24, 2.45) is 0 Å². The zero-order valence-corrected chi connectivity index (χ0v) is 13.1. The normalized spacial score (nSPS) is 12.1. The van der Waals surface area contributed by atoms with E-state index in [0.29, 0.717) is 25.1 Å². The molecule has 0 amide bonds. The molecule has 0 atom stereocenters. The van der Waals surface area contributed by atoms with Gasteiger partial charge in [0.25, 0.3) is 0 Å². The van der Waals surface area contributed by atoms with Crippen molar-refractivity contribution in [2.45, 2.75) is 38.1 Å². The Morgan fingerprint density at radius 1 is 1.25 bits per heavy atom. The molecule has 0 bridgehead atoms. The van der Waals surface area contributed by atoms with Crippen LogP contribution in [0.2, 0.25) is 0 Å². The molecule has 1 aromatic carbocycles. The lowest BCUT2D eigenvalue weighted by Crippen LogP contribution is -2.29. The fraction of sp³-hybridized carbons (Fsp3) is 0.571. The summed E-state index contributed by atoms with van der Waals surface area (Å²) >= 11 is 0. The smallest absolute Gasteiger partial charge is 0.243 e. The van der Waals surface area contributed by atoms with Gasteiger partial charge in [-0.25, -0.2) is 17.1 Å². The van der Waals surface area contributed by atoms with Crippen molar-refractivity contribution in [3.05, 3.63) is 29.6 Å². The minimum absolute atomic E-state index is 0.0528. The molecule has 4 nitrogen and oxygen atoms in total. The minimum Gasteiger partial charge on any atom is -0.313 e. The molecule has 0 saturated carbocycles. The molecule has 1 aromatic rings. The largest absolute Gasteiger partial charge is 0.313 e. The Balaban J connectivity index is 3.10. The van der Waals surface area contributed by atoms with Gasteiger partial charge in [0.05, 0.1) is 4.90 Å². The molecule has 0 saturated heterocycles. The number of sulfonamides is 1. The van der Waals surface area contributed by atoms with Crippen LogP contribution in [0.15, 0.2) is 23.1 Å². The first kappa shape index (κ1) is 17.1. The third kappa shape index (κ3) is 4.26. The highest BCUT2D eigenvalue weighted by atomic mass is 32.2. The third-order valence-corrected chi connectivity index (χ3v) is 4.94. The highest BCUT2D eigenvalue weighted by Gasteiger charge is 2.23. The van der Waals surface area contributed by atoms with Crippen molar-refractivity contribution in [3.63, 3.8) is 0 Å². The molecule has 0 aliphatic carbocycles. The molecule has 0 unspecified atom stereocenters. The minimum atomic E-state index is -3.64. The first-order valence-electron chi connectivity index (χ1n) is 6.89. The van der Waals surface area contributed by atoms with Crippen molar-refractivity contribution < 1.29 is 12.8 Å². The van der Waals surface area contributed by atoms with Crippen LogP contribution in [-0.2, 0) is 16.6 Å². The number of nitrogens with one attached hydrogen (secondary N) is 1. The van der Waals surface area contributed by atoms with E-state index >= 15 is 0 Å². The van der Waals surface area contributed by atoms with Gasteiger partial charge in [0, 0.05) is 20.1 Å². The third-order valence-electron chi connectivity index (χ3n) is 3.00. The second-order valence-electron chi connectivity index (χ2n) is 4.76. The van der Waals surface area contributed by atoms with Crippen molar-refractivity contribution in [3.8, 4) is 0 Å². The van der Waals surface area contributed by atoms with E-state index in [-0.39, 0.29) is 4.90 Å². The molecule has 0 fully saturated rings. The Morgan fingerprint density at radius 2 is 1.95 bits per heavy atom. The Labute approximate surface area is 121 Å². The average molecular weight is 302 g/mol. The summed E-state index contributed by atoms with van der Waals surface area (Å²) in [6.45, 7) is 5.57. The second kappa shape index (κ2) is 7.71. The molecule has 0 spiro atoms. The van der Waals surface area contributed by atoms with E-state index in [0.717, 1.165) is 19.0 Å². The van der Waals surface area contributed by atoms with Gasteiger partial charge in [-0.2, -0.15) is 0 Å². The predicted octanol–water partition coefficient (Wildman–Crippen LogP) is 2.36. The molecule has 1 N–H and O–H groups in total. The van der Waals surface area contributed by atoms with E-state index in [9.17, 15) is 12.8 Å². The summed E-state index contributed by atoms with van der Waals surface area (Å²) in [5.41, 5.74) is 0.600. The fourth-order valence-electron chi connectivity index (χ4n) is 1.92. The highest BCUT2D eigenvalue weighted by Crippen LogP contribution is 2.21. The topological polar surface area (TPSA) is 49.4 Å². The maximum atomic E-state index is 13.4. The average Bonchev–Trinajstić information content (AvgIpc) is 2.40. The van der Waals surface area contributed by atoms with Crippen LogP contribution in [0.4, 0.5) is 4.39 Å². The van der Waals surface area contributed by atoms with E-state index in [1.807, 2.05) is 13.8 Å². The molecule has 0 aliphatic rings. The zero-order chi connectivity index (χ0) is 15.2. The van der Waals surface area contributed by atoms with Crippen LogP contribution in [0, 0.1) is 5.82 Å². The van der Waals surface area contributed by atoms with Crippen LogP contribution in [0.1, 0.15) is 32.3 Å². The summed E-state index contributed by atoms with van der Waals surface area (Å²) in [6.07, 6.45) is 1.67. The van der Waals surface area contributed by atoms with E-state index in [1.54, 1.807) is 0 Å². The number of benzene rings is 1. The number of hydrogen-bond acceptors (Lipinski definition) is 3. The molecule has 0 aliphatic heterocycles. The highest BCUT2D eigenvalue weighted by molar-refractivity contribution is 7.89. The van der Waals surface area contributed by atoms with Gasteiger partial charge < -0.3 is 5.32 Å². The first-order chi connectivity index (χ1) is 9.43. The fourth-order valence-corrected chi connectivity index (χ4v) is 3.41. The summed E-state index contributed by atoms with van der Waals surface area (Å²) < 4.78 is 39.6. The lowest BCUT2D eigenvalue weighted by atomic mass is 10.2. The lowest BCUT2D eigenvalue weighted by Gasteiger charge is -2.19. The van der Waals surface area contributed by atoms with Crippen LogP contribution in [-0.4, -0.2) is 32.9 Å². The lowest BCUT2D eigenvalue weighted by molar-refractivity contribution is 0.466. The molecule has 6 heteroatoms. The van der Waals surface area contributed by atoms with Gasteiger partial charge in [-0.15, -0.1) is 0 Å². The molecule has 114 valence electrons. The van der Waals surface area contributed by atoms with E-state index in [2.05, 4.69) is 5.32 Å². The summed E-state index contributed by atoms with van der Waals surface area (Å²) in [5.74, 6) is -0.535. The summed E-state index contributed by atoms with van der Waals surface area (Å²) in [7, 11) is -2.12. The van der Waals surface area contributed by atoms with Gasteiger partial charge in [-0.05, 0) is 37.1 Å². The first-order valence-corrected chi connectivity index (χ1v) is 8.33. The van der Waals surface area contributed by atoms with Crippen molar-refractivity contribution in [1.29, 1.82) is 0 Å². The number of nitrogens with zero attached hydrogens (tertiary/aromatic N) is 1. The van der Waals surface area contributed by atoms with Crippen molar-refractivity contribution in [2.75, 3.05) is 20.1 Å². The number of rotatable bonds is 8. The van der Waals surface area contributed by atoms with Gasteiger partial charge in [0.15, 0.2) is 0 Å². The van der Waals surface area contributed by atoms with Crippen LogP contribution in [0.25, 0.3) is 0 Å². The molecule has 20 heavy (non-hydrogen) atoms. The van der Waals surface area contributed by atoms with Crippen molar-refractivity contribution in [1.82, 2.24) is 9.62 Å². The van der Waals surface area contributed by atoms with Crippen LogP contribution >= 0.6 is 0 Å². The number of halogens is 1. The summed E-state index contributed by atoms with van der Waals surface area (Å²) in [6, 6.07) is 3.93. The zero-order valence-electron chi connectivity index (χ0n) is 12.3. The van der Waals surface area contributed by atoms with Gasteiger partial charge in [-0.3, -0.25) is 0 Å². The SMILES string of the molecule is CCCNCc1ccc(F)cc1S(=O)(=O)N(C)CCC. The second-order valence-corrected chi connectivity index (χ2v) is 6.77. The Bertz CT molecular complexity index is 532. The van der Waals surface area contributed by atoms with Gasteiger partial charge in [-0.1, -0.05) is 19.9 Å². The van der Waals surface area contributed by atoms with Crippen molar-refractivity contribution >= 4 is 10.0 Å². The molecule has 0 aromatic heterocycles. The molecule has 0 heterocycles. The monoisotopic (exact) mass is 302 g/mol. The maximum Gasteiger partial charge on any atom is 0.243 e. The maximum absolute atomic E-state index is 13.4. The van der Waals surface area contributed by atoms with E-state index in [4.69, 9.17) is 0 Å². The van der Waals surface area contributed by atoms with E-state index in [1.165, 1.54) is 23.5 Å². The Hall–Kier alpha value is -0.980. The van der Waals surface area contributed by atoms with Crippen LogP contribution < -0.4 is 5.32 Å². The molecular weight excluding hydrogens is 279 g/mol. The quantitative estimate of drug-likeness (QED) is 0.750. The van der Waals surface area contributed by atoms with E-state index < -0.39 is 15.8 Å². The predicted molar refractivity (Wildman–Crippen MR) is 78.5 cm³/mol. The van der Waals surface area contributed by atoms with Gasteiger partial charge >= 0.3 is 0 Å². The van der Waals surface area contributed by atoms with Crippen LogP contribution in [0.5, 0.6) is 0 Å². The number of hydrogen-bond donors (Lipinski definition) is 1. The standard InChI is InChI=1S/C14H23FN2O2S/c1-4-8-16-11-12-6-7-13(15)10-14(12)20(18,19)17(3)9-5-2/h6-7,10,16H,4-5,8-9,11H2,1-3H3. The Morgan fingerprint density at radius 3 is 2.55 bits per heavy atom. The summed E-state index contributed by atoms with van der Waals surface area (Å²) in [5, 5.41) is 3.15. The van der Waals surface area contributed by atoms with Crippen LogP contribution in [0.3, 0.4) is 0 Å². The Kier molecular flexibility index (Phi) is 6.58. The van der Waals surface area contributed by atoms with Gasteiger partial charge in [0.2, 0.25) is 10.0 Å².